The first-order valence-electron chi connectivity index (χ1n) is 5.02. The molecule has 0 amide bonds. The molecule has 0 bridgehead atoms. The summed E-state index contributed by atoms with van der Waals surface area (Å²) in [7, 11) is 0. The zero-order chi connectivity index (χ0) is 11.3. The number of aliphatic hydroxyl groups is 1. The van der Waals surface area contributed by atoms with Gasteiger partial charge in [-0.25, -0.2) is 4.39 Å². The highest BCUT2D eigenvalue weighted by Gasteiger charge is 2.02. The van der Waals surface area contributed by atoms with Gasteiger partial charge < -0.3 is 16.2 Å². The molecule has 1 aromatic carbocycles. The molecule has 0 saturated carbocycles. The molecule has 3 nitrogen and oxygen atoms in total. The van der Waals surface area contributed by atoms with Crippen molar-refractivity contribution >= 4 is 11.4 Å². The smallest absolute Gasteiger partial charge is 0.127 e. The fourth-order valence-corrected chi connectivity index (χ4v) is 1.33. The lowest BCUT2D eigenvalue weighted by Gasteiger charge is -2.12. The van der Waals surface area contributed by atoms with E-state index in [0.29, 0.717) is 23.8 Å². The third kappa shape index (κ3) is 4.16. The molecule has 0 aromatic heterocycles. The van der Waals surface area contributed by atoms with Crippen LogP contribution in [0.25, 0.3) is 0 Å². The van der Waals surface area contributed by atoms with E-state index in [-0.39, 0.29) is 12.4 Å². The highest BCUT2D eigenvalue weighted by atomic mass is 19.1. The van der Waals surface area contributed by atoms with Crippen molar-refractivity contribution in [1.29, 1.82) is 0 Å². The van der Waals surface area contributed by atoms with Crippen LogP contribution < -0.4 is 11.1 Å². The van der Waals surface area contributed by atoms with E-state index < -0.39 is 0 Å². The van der Waals surface area contributed by atoms with Crippen LogP contribution in [0.1, 0.15) is 13.3 Å². The van der Waals surface area contributed by atoms with Crippen molar-refractivity contribution in [3.05, 3.63) is 24.0 Å². The predicted octanol–water partition coefficient (Wildman–Crippen LogP) is 1.84. The van der Waals surface area contributed by atoms with E-state index in [1.807, 2.05) is 6.92 Å². The van der Waals surface area contributed by atoms with Crippen LogP contribution in [0.4, 0.5) is 15.8 Å². The second kappa shape index (κ2) is 5.56. The van der Waals surface area contributed by atoms with E-state index in [2.05, 4.69) is 5.32 Å². The Hall–Kier alpha value is -1.29. The number of halogens is 1. The molecule has 0 spiro atoms. The number of nitrogen functional groups attached to an aromatic ring is 1. The average Bonchev–Trinajstić information content (AvgIpc) is 2.14. The van der Waals surface area contributed by atoms with Crippen molar-refractivity contribution < 1.29 is 9.50 Å². The highest BCUT2D eigenvalue weighted by Crippen LogP contribution is 2.16. The molecule has 0 heterocycles. The lowest BCUT2D eigenvalue weighted by atomic mass is 10.1. The van der Waals surface area contributed by atoms with E-state index in [9.17, 15) is 4.39 Å². The maximum atomic E-state index is 12.9. The summed E-state index contributed by atoms with van der Waals surface area (Å²) in [6.45, 7) is 2.89. The quantitative estimate of drug-likeness (QED) is 0.653. The Kier molecular flexibility index (Phi) is 4.37. The molecule has 15 heavy (non-hydrogen) atoms. The van der Waals surface area contributed by atoms with Gasteiger partial charge in [0.15, 0.2) is 0 Å². The fraction of sp³-hybridized carbons (Fsp3) is 0.455. The first kappa shape index (κ1) is 11.8. The summed E-state index contributed by atoms with van der Waals surface area (Å²) in [5.74, 6) is 0.00630. The lowest BCUT2D eigenvalue weighted by Crippen LogP contribution is -2.12. The van der Waals surface area contributed by atoms with Crippen molar-refractivity contribution in [1.82, 2.24) is 0 Å². The third-order valence-electron chi connectivity index (χ3n) is 2.20. The maximum absolute atomic E-state index is 12.9. The number of nitrogens with one attached hydrogen (secondary N) is 1. The largest absolute Gasteiger partial charge is 0.399 e. The summed E-state index contributed by atoms with van der Waals surface area (Å²) < 4.78 is 12.9. The number of nitrogens with two attached hydrogens (primary N) is 1. The molecule has 1 atom stereocenters. The van der Waals surface area contributed by atoms with E-state index in [1.54, 1.807) is 6.07 Å². The molecule has 0 radical (unpaired) electrons. The van der Waals surface area contributed by atoms with Crippen LogP contribution >= 0.6 is 0 Å². The summed E-state index contributed by atoms with van der Waals surface area (Å²) >= 11 is 0. The standard InChI is InChI=1S/C11H17FN2O/c1-8(2-3-15)7-14-11-5-9(12)4-10(13)6-11/h4-6,8,14-15H,2-3,7,13H2,1H3. The van der Waals surface area contributed by atoms with Crippen LogP contribution in [0.5, 0.6) is 0 Å². The lowest BCUT2D eigenvalue weighted by molar-refractivity contribution is 0.266. The number of hydrogen-bond donors (Lipinski definition) is 3. The van der Waals surface area contributed by atoms with Gasteiger partial charge in [0.05, 0.1) is 0 Å². The van der Waals surface area contributed by atoms with Gasteiger partial charge in [-0.2, -0.15) is 0 Å². The molecular formula is C11H17FN2O. The van der Waals surface area contributed by atoms with Gasteiger partial charge in [0.2, 0.25) is 0 Å². The Bertz CT molecular complexity index is 297. The first-order chi connectivity index (χ1) is 7.11. The topological polar surface area (TPSA) is 58.3 Å². The van der Waals surface area contributed by atoms with Crippen molar-refractivity contribution in [2.75, 3.05) is 24.2 Å². The second-order valence-electron chi connectivity index (χ2n) is 3.77. The summed E-state index contributed by atoms with van der Waals surface area (Å²) in [4.78, 5) is 0. The van der Waals surface area contributed by atoms with Crippen molar-refractivity contribution in [2.45, 2.75) is 13.3 Å². The molecule has 84 valence electrons. The number of hydrogen-bond acceptors (Lipinski definition) is 3. The summed E-state index contributed by atoms with van der Waals surface area (Å²) in [5, 5.41) is 11.8. The zero-order valence-electron chi connectivity index (χ0n) is 8.83. The van der Waals surface area contributed by atoms with Gasteiger partial charge in [-0.05, 0) is 30.5 Å². The van der Waals surface area contributed by atoms with Crippen LogP contribution in [0, 0.1) is 11.7 Å². The van der Waals surface area contributed by atoms with Gasteiger partial charge in [0.25, 0.3) is 0 Å². The Labute approximate surface area is 89.1 Å². The normalized spacial score (nSPS) is 12.5. The zero-order valence-corrected chi connectivity index (χ0v) is 8.83. The van der Waals surface area contributed by atoms with Gasteiger partial charge in [-0.1, -0.05) is 6.92 Å². The SMILES string of the molecule is CC(CCO)CNc1cc(N)cc(F)c1. The Morgan fingerprint density at radius 3 is 2.80 bits per heavy atom. The van der Waals surface area contributed by atoms with E-state index in [4.69, 9.17) is 10.8 Å². The second-order valence-corrected chi connectivity index (χ2v) is 3.77. The minimum Gasteiger partial charge on any atom is -0.399 e. The molecule has 0 aliphatic carbocycles. The molecule has 1 rings (SSSR count). The molecular weight excluding hydrogens is 195 g/mol. The first-order valence-corrected chi connectivity index (χ1v) is 5.02. The Morgan fingerprint density at radius 1 is 1.47 bits per heavy atom. The minimum atomic E-state index is -0.340. The number of anilines is 2. The van der Waals surface area contributed by atoms with Crippen LogP contribution in [0.2, 0.25) is 0 Å². The highest BCUT2D eigenvalue weighted by molar-refractivity contribution is 5.54. The molecule has 0 saturated heterocycles. The van der Waals surface area contributed by atoms with Gasteiger partial charge in [0.1, 0.15) is 5.82 Å². The summed E-state index contributed by atoms with van der Waals surface area (Å²) in [5.41, 5.74) is 6.59. The Morgan fingerprint density at radius 2 is 2.20 bits per heavy atom. The average molecular weight is 212 g/mol. The molecule has 0 fully saturated rings. The van der Waals surface area contributed by atoms with E-state index in [0.717, 1.165) is 6.42 Å². The third-order valence-corrected chi connectivity index (χ3v) is 2.20. The molecule has 0 aliphatic heterocycles. The maximum Gasteiger partial charge on any atom is 0.127 e. The Balaban J connectivity index is 2.50. The van der Waals surface area contributed by atoms with Crippen LogP contribution in [0.15, 0.2) is 18.2 Å². The van der Waals surface area contributed by atoms with Crippen LogP contribution in [-0.4, -0.2) is 18.3 Å². The van der Waals surface area contributed by atoms with E-state index in [1.165, 1.54) is 12.1 Å². The summed E-state index contributed by atoms with van der Waals surface area (Å²) in [6.07, 6.45) is 0.734. The summed E-state index contributed by atoms with van der Waals surface area (Å²) in [6, 6.07) is 4.37. The number of benzene rings is 1. The van der Waals surface area contributed by atoms with Gasteiger partial charge >= 0.3 is 0 Å². The minimum absolute atomic E-state index is 0.175. The van der Waals surface area contributed by atoms with Gasteiger partial charge in [-0.3, -0.25) is 0 Å². The van der Waals surface area contributed by atoms with E-state index >= 15 is 0 Å². The number of rotatable bonds is 5. The van der Waals surface area contributed by atoms with Crippen molar-refractivity contribution in [3.8, 4) is 0 Å². The fourth-order valence-electron chi connectivity index (χ4n) is 1.33. The van der Waals surface area contributed by atoms with Crippen molar-refractivity contribution in [2.24, 2.45) is 5.92 Å². The molecule has 1 unspecified atom stereocenters. The molecule has 0 aliphatic rings. The molecule has 1 aromatic rings. The van der Waals surface area contributed by atoms with Crippen LogP contribution in [-0.2, 0) is 0 Å². The van der Waals surface area contributed by atoms with Crippen molar-refractivity contribution in [3.63, 3.8) is 0 Å². The van der Waals surface area contributed by atoms with Gasteiger partial charge in [0, 0.05) is 24.5 Å². The number of aliphatic hydroxyl groups excluding tert-OH is 1. The predicted molar refractivity (Wildman–Crippen MR) is 60.2 cm³/mol. The molecule has 4 heteroatoms. The van der Waals surface area contributed by atoms with Crippen LogP contribution in [0.3, 0.4) is 0 Å². The monoisotopic (exact) mass is 212 g/mol. The van der Waals surface area contributed by atoms with Gasteiger partial charge in [-0.15, -0.1) is 0 Å². The molecule has 4 N–H and O–H groups in total.